The van der Waals surface area contributed by atoms with E-state index in [4.69, 9.17) is 0 Å². The standard InChI is InChI=1S/C15H11FN2O3/c16-11-7-9(19)5-6-10(11)15(21)18-8-14(20)17-12-3-1-2-4-13(12)18/h1-7,19H,8H2,(H,17,20). The van der Waals surface area contributed by atoms with Crippen LogP contribution in [0.5, 0.6) is 5.75 Å². The molecule has 106 valence electrons. The van der Waals surface area contributed by atoms with Gasteiger partial charge in [-0.3, -0.25) is 14.5 Å². The van der Waals surface area contributed by atoms with Gasteiger partial charge in [-0.25, -0.2) is 4.39 Å². The molecule has 1 aliphatic heterocycles. The summed E-state index contributed by atoms with van der Waals surface area (Å²) in [5, 5.41) is 11.9. The van der Waals surface area contributed by atoms with Crippen LogP contribution in [0.25, 0.3) is 0 Å². The predicted molar refractivity (Wildman–Crippen MR) is 74.8 cm³/mol. The lowest BCUT2D eigenvalue weighted by Crippen LogP contribution is -2.42. The molecular weight excluding hydrogens is 275 g/mol. The maximum absolute atomic E-state index is 13.8. The highest BCUT2D eigenvalue weighted by atomic mass is 19.1. The molecule has 1 heterocycles. The molecule has 2 amide bonds. The van der Waals surface area contributed by atoms with Gasteiger partial charge >= 0.3 is 0 Å². The average molecular weight is 286 g/mol. The SMILES string of the molecule is O=C1CN(C(=O)c2ccc(O)cc2F)c2ccccc2N1. The van der Waals surface area contributed by atoms with Crippen molar-refractivity contribution >= 4 is 23.2 Å². The van der Waals surface area contributed by atoms with Crippen LogP contribution in [-0.2, 0) is 4.79 Å². The molecular formula is C15H11FN2O3. The van der Waals surface area contributed by atoms with Crippen molar-refractivity contribution in [3.63, 3.8) is 0 Å². The summed E-state index contributed by atoms with van der Waals surface area (Å²) in [5.41, 5.74) is 0.813. The molecule has 1 aliphatic rings. The van der Waals surface area contributed by atoms with Crippen LogP contribution in [0.2, 0.25) is 0 Å². The zero-order valence-electron chi connectivity index (χ0n) is 10.8. The summed E-state index contributed by atoms with van der Waals surface area (Å²) in [7, 11) is 0. The number of amides is 2. The molecule has 0 bridgehead atoms. The minimum Gasteiger partial charge on any atom is -0.508 e. The van der Waals surface area contributed by atoms with E-state index in [0.29, 0.717) is 11.4 Å². The number of hydrogen-bond donors (Lipinski definition) is 2. The summed E-state index contributed by atoms with van der Waals surface area (Å²) >= 11 is 0. The lowest BCUT2D eigenvalue weighted by atomic mass is 10.1. The largest absolute Gasteiger partial charge is 0.508 e. The van der Waals surface area contributed by atoms with Gasteiger partial charge in [0.05, 0.1) is 16.9 Å². The van der Waals surface area contributed by atoms with Gasteiger partial charge in [0.25, 0.3) is 5.91 Å². The number of carbonyl (C=O) groups excluding carboxylic acids is 2. The molecule has 0 aliphatic carbocycles. The summed E-state index contributed by atoms with van der Waals surface area (Å²) in [4.78, 5) is 25.3. The molecule has 0 saturated carbocycles. The highest BCUT2D eigenvalue weighted by molar-refractivity contribution is 6.15. The Bertz CT molecular complexity index is 745. The first-order chi connectivity index (χ1) is 10.1. The number of para-hydroxylation sites is 2. The van der Waals surface area contributed by atoms with Crippen molar-refractivity contribution in [2.24, 2.45) is 0 Å². The van der Waals surface area contributed by atoms with Crippen LogP contribution in [0.3, 0.4) is 0 Å². The maximum atomic E-state index is 13.8. The number of benzene rings is 2. The third-order valence-corrected chi connectivity index (χ3v) is 3.20. The Morgan fingerprint density at radius 1 is 1.24 bits per heavy atom. The van der Waals surface area contributed by atoms with E-state index >= 15 is 0 Å². The van der Waals surface area contributed by atoms with E-state index in [1.54, 1.807) is 24.3 Å². The number of nitrogens with zero attached hydrogens (tertiary/aromatic N) is 1. The number of carbonyl (C=O) groups is 2. The summed E-state index contributed by atoms with van der Waals surface area (Å²) < 4.78 is 13.8. The van der Waals surface area contributed by atoms with Crippen LogP contribution < -0.4 is 10.2 Å². The third-order valence-electron chi connectivity index (χ3n) is 3.20. The summed E-state index contributed by atoms with van der Waals surface area (Å²) in [6, 6.07) is 10.1. The molecule has 6 heteroatoms. The van der Waals surface area contributed by atoms with Gasteiger partial charge in [-0.15, -0.1) is 0 Å². The fourth-order valence-corrected chi connectivity index (χ4v) is 2.24. The Labute approximate surface area is 119 Å². The zero-order valence-corrected chi connectivity index (χ0v) is 10.8. The number of phenolic OH excluding ortho intramolecular Hbond substituents is 1. The van der Waals surface area contributed by atoms with Crippen molar-refractivity contribution in [2.75, 3.05) is 16.8 Å². The Balaban J connectivity index is 2.04. The van der Waals surface area contributed by atoms with Crippen molar-refractivity contribution in [3.8, 4) is 5.75 Å². The fourth-order valence-electron chi connectivity index (χ4n) is 2.24. The van der Waals surface area contributed by atoms with Gasteiger partial charge in [0.2, 0.25) is 5.91 Å². The summed E-state index contributed by atoms with van der Waals surface area (Å²) in [6.07, 6.45) is 0. The minimum absolute atomic E-state index is 0.184. The van der Waals surface area contributed by atoms with Crippen molar-refractivity contribution in [3.05, 3.63) is 53.8 Å². The number of aromatic hydroxyl groups is 1. The Kier molecular flexibility index (Phi) is 3.06. The van der Waals surface area contributed by atoms with Crippen LogP contribution in [0.1, 0.15) is 10.4 Å². The van der Waals surface area contributed by atoms with Crippen LogP contribution in [0.4, 0.5) is 15.8 Å². The average Bonchev–Trinajstić information content (AvgIpc) is 2.45. The van der Waals surface area contributed by atoms with Gasteiger partial charge in [-0.05, 0) is 24.3 Å². The predicted octanol–water partition coefficient (Wildman–Crippen LogP) is 2.13. The zero-order chi connectivity index (χ0) is 15.0. The molecule has 0 fully saturated rings. The number of nitrogens with one attached hydrogen (secondary N) is 1. The lowest BCUT2D eigenvalue weighted by Gasteiger charge is -2.29. The van der Waals surface area contributed by atoms with Crippen LogP contribution in [-0.4, -0.2) is 23.5 Å². The van der Waals surface area contributed by atoms with Gasteiger partial charge in [-0.2, -0.15) is 0 Å². The summed E-state index contributed by atoms with van der Waals surface area (Å²) in [6.45, 7) is -0.184. The Morgan fingerprint density at radius 2 is 2.00 bits per heavy atom. The molecule has 2 aromatic rings. The van der Waals surface area contributed by atoms with Gasteiger partial charge in [-0.1, -0.05) is 12.1 Å². The number of fused-ring (bicyclic) bond motifs is 1. The molecule has 2 aromatic carbocycles. The number of rotatable bonds is 1. The first kappa shape index (κ1) is 13.1. The first-order valence-electron chi connectivity index (χ1n) is 6.25. The van der Waals surface area contributed by atoms with E-state index in [2.05, 4.69) is 5.32 Å². The van der Waals surface area contributed by atoms with E-state index in [1.165, 1.54) is 17.0 Å². The maximum Gasteiger partial charge on any atom is 0.261 e. The second-order valence-corrected chi connectivity index (χ2v) is 4.62. The molecule has 2 N–H and O–H groups in total. The van der Waals surface area contributed by atoms with Gasteiger partial charge in [0.1, 0.15) is 18.1 Å². The Hall–Kier alpha value is -2.89. The highest BCUT2D eigenvalue weighted by Gasteiger charge is 2.28. The monoisotopic (exact) mass is 286 g/mol. The van der Waals surface area contributed by atoms with Crippen LogP contribution in [0, 0.1) is 5.82 Å². The van der Waals surface area contributed by atoms with Crippen molar-refractivity contribution in [1.29, 1.82) is 0 Å². The summed E-state index contributed by atoms with van der Waals surface area (Å²) in [5.74, 6) is -2.07. The van der Waals surface area contributed by atoms with E-state index < -0.39 is 11.7 Å². The number of hydrogen-bond acceptors (Lipinski definition) is 3. The highest BCUT2D eigenvalue weighted by Crippen LogP contribution is 2.30. The van der Waals surface area contributed by atoms with Gasteiger partial charge < -0.3 is 10.4 Å². The normalized spacial score (nSPS) is 13.6. The van der Waals surface area contributed by atoms with E-state index in [1.807, 2.05) is 0 Å². The fraction of sp³-hybridized carbons (Fsp3) is 0.0667. The molecule has 0 atom stereocenters. The van der Waals surface area contributed by atoms with Gasteiger partial charge in [0.15, 0.2) is 0 Å². The van der Waals surface area contributed by atoms with Gasteiger partial charge in [0, 0.05) is 6.07 Å². The van der Waals surface area contributed by atoms with Crippen molar-refractivity contribution in [2.45, 2.75) is 0 Å². The molecule has 0 saturated heterocycles. The Morgan fingerprint density at radius 3 is 2.76 bits per heavy atom. The second kappa shape index (κ2) is 4.90. The third kappa shape index (κ3) is 2.31. The van der Waals surface area contributed by atoms with Crippen LogP contribution in [0.15, 0.2) is 42.5 Å². The van der Waals surface area contributed by atoms with Crippen molar-refractivity contribution in [1.82, 2.24) is 0 Å². The molecule has 0 radical (unpaired) electrons. The molecule has 21 heavy (non-hydrogen) atoms. The number of phenols is 1. The smallest absolute Gasteiger partial charge is 0.261 e. The van der Waals surface area contributed by atoms with E-state index in [-0.39, 0.29) is 23.8 Å². The quantitative estimate of drug-likeness (QED) is 0.843. The number of halogens is 1. The molecule has 0 spiro atoms. The second-order valence-electron chi connectivity index (χ2n) is 4.62. The molecule has 0 aromatic heterocycles. The van der Waals surface area contributed by atoms with E-state index in [9.17, 15) is 19.1 Å². The molecule has 3 rings (SSSR count). The van der Waals surface area contributed by atoms with Crippen LogP contribution >= 0.6 is 0 Å². The first-order valence-corrected chi connectivity index (χ1v) is 6.25. The van der Waals surface area contributed by atoms with E-state index in [0.717, 1.165) is 6.07 Å². The topological polar surface area (TPSA) is 69.6 Å². The minimum atomic E-state index is -0.830. The molecule has 0 unspecified atom stereocenters. The lowest BCUT2D eigenvalue weighted by molar-refractivity contribution is -0.115. The number of anilines is 2. The molecule has 5 nitrogen and oxygen atoms in total. The van der Waals surface area contributed by atoms with Crippen molar-refractivity contribution < 1.29 is 19.1 Å².